The summed E-state index contributed by atoms with van der Waals surface area (Å²) >= 11 is 0. The zero-order chi connectivity index (χ0) is 13.5. The monoisotopic (exact) mass is 263 g/mol. The lowest BCUT2D eigenvalue weighted by Crippen LogP contribution is -2.10. The average Bonchev–Trinajstić information content (AvgIpc) is 3.11. The van der Waals surface area contributed by atoms with Crippen LogP contribution in [0.15, 0.2) is 53.3 Å². The first kappa shape index (κ1) is 11.4. The molecule has 0 amide bonds. The lowest BCUT2D eigenvalue weighted by atomic mass is 9.95. The van der Waals surface area contributed by atoms with Gasteiger partial charge in [-0.1, -0.05) is 24.3 Å². The molecule has 2 aromatic heterocycles. The van der Waals surface area contributed by atoms with Gasteiger partial charge in [-0.2, -0.15) is 0 Å². The smallest absolute Gasteiger partial charge is 0.175 e. The number of pyridine rings is 1. The third kappa shape index (κ3) is 1.59. The van der Waals surface area contributed by atoms with Crippen LogP contribution in [0.5, 0.6) is 0 Å². The molecule has 0 spiro atoms. The number of fused-ring (bicyclic) bond motifs is 2. The molecule has 20 heavy (non-hydrogen) atoms. The Morgan fingerprint density at radius 1 is 1.20 bits per heavy atom. The number of Topliss-reactive ketones (excluding diaryl/α,β-unsaturated/α-hetero) is 1. The number of nitrogens with zero attached hydrogens (tertiary/aromatic N) is 1. The number of ketones is 1. The van der Waals surface area contributed by atoms with E-state index in [2.05, 4.69) is 11.1 Å². The predicted octanol–water partition coefficient (Wildman–Crippen LogP) is 3.74. The number of benzene rings is 1. The van der Waals surface area contributed by atoms with Crippen LogP contribution in [0.4, 0.5) is 0 Å². The molecule has 2 heterocycles. The summed E-state index contributed by atoms with van der Waals surface area (Å²) in [6.07, 6.45) is 5.10. The Labute approximate surface area is 116 Å². The number of hydrogen-bond donors (Lipinski definition) is 0. The van der Waals surface area contributed by atoms with Crippen LogP contribution in [-0.4, -0.2) is 10.8 Å². The fourth-order valence-corrected chi connectivity index (χ4v) is 3.02. The molecule has 3 aromatic rings. The standard InChI is InChI=1S/C17H13NO2/c19-17(13-8-7-11-4-3-9-18-16(11)13)14-10-20-15-6-2-1-5-12(14)15/h1-6,9-10,13H,7-8H2. The minimum Gasteiger partial charge on any atom is -0.464 e. The van der Waals surface area contributed by atoms with Crippen molar-refractivity contribution in [3.8, 4) is 0 Å². The van der Waals surface area contributed by atoms with E-state index in [0.717, 1.165) is 29.5 Å². The van der Waals surface area contributed by atoms with E-state index >= 15 is 0 Å². The number of aryl methyl sites for hydroxylation is 1. The van der Waals surface area contributed by atoms with E-state index < -0.39 is 0 Å². The Balaban J connectivity index is 1.79. The minimum absolute atomic E-state index is 0.118. The summed E-state index contributed by atoms with van der Waals surface area (Å²) in [5, 5.41) is 0.891. The third-order valence-corrected chi connectivity index (χ3v) is 4.02. The maximum absolute atomic E-state index is 12.8. The zero-order valence-corrected chi connectivity index (χ0v) is 10.9. The van der Waals surface area contributed by atoms with E-state index in [1.165, 1.54) is 5.56 Å². The average molecular weight is 263 g/mol. The second-order valence-electron chi connectivity index (χ2n) is 5.15. The number of hydrogen-bond acceptors (Lipinski definition) is 3. The maximum Gasteiger partial charge on any atom is 0.175 e. The first-order chi connectivity index (χ1) is 9.84. The maximum atomic E-state index is 12.8. The first-order valence-electron chi connectivity index (χ1n) is 6.79. The molecule has 98 valence electrons. The fraction of sp³-hybridized carbons (Fsp3) is 0.176. The van der Waals surface area contributed by atoms with Gasteiger partial charge in [-0.05, 0) is 30.5 Å². The molecule has 1 aromatic carbocycles. The molecular formula is C17H13NO2. The minimum atomic E-state index is -0.132. The molecule has 0 bridgehead atoms. The number of rotatable bonds is 2. The summed E-state index contributed by atoms with van der Waals surface area (Å²) in [7, 11) is 0. The number of furan rings is 1. The number of carbonyl (C=O) groups excluding carboxylic acids is 1. The normalized spacial score (nSPS) is 17.3. The van der Waals surface area contributed by atoms with Crippen molar-refractivity contribution in [3.63, 3.8) is 0 Å². The quantitative estimate of drug-likeness (QED) is 0.661. The Morgan fingerprint density at radius 3 is 3.05 bits per heavy atom. The highest BCUT2D eigenvalue weighted by Gasteiger charge is 2.31. The van der Waals surface area contributed by atoms with Crippen LogP contribution in [0.25, 0.3) is 11.0 Å². The van der Waals surface area contributed by atoms with Crippen LogP contribution in [0, 0.1) is 0 Å². The molecule has 3 heteroatoms. The van der Waals surface area contributed by atoms with Gasteiger partial charge in [0, 0.05) is 11.6 Å². The van der Waals surface area contributed by atoms with E-state index in [9.17, 15) is 4.79 Å². The van der Waals surface area contributed by atoms with Crippen molar-refractivity contribution in [3.05, 3.63) is 65.7 Å². The number of para-hydroxylation sites is 1. The van der Waals surface area contributed by atoms with Gasteiger partial charge in [0.1, 0.15) is 11.8 Å². The molecule has 3 nitrogen and oxygen atoms in total. The second kappa shape index (κ2) is 4.30. The van der Waals surface area contributed by atoms with Crippen LogP contribution in [-0.2, 0) is 6.42 Å². The Morgan fingerprint density at radius 2 is 2.10 bits per heavy atom. The van der Waals surface area contributed by atoms with Crippen LogP contribution < -0.4 is 0 Å². The Hall–Kier alpha value is -2.42. The Bertz CT molecular complexity index is 803. The lowest BCUT2D eigenvalue weighted by Gasteiger charge is -2.08. The molecule has 0 fully saturated rings. The van der Waals surface area contributed by atoms with E-state index in [-0.39, 0.29) is 11.7 Å². The number of carbonyl (C=O) groups is 1. The third-order valence-electron chi connectivity index (χ3n) is 4.02. The fourth-order valence-electron chi connectivity index (χ4n) is 3.02. The summed E-state index contributed by atoms with van der Waals surface area (Å²) in [5.74, 6) is -0.0143. The summed E-state index contributed by atoms with van der Waals surface area (Å²) in [5.41, 5.74) is 3.56. The highest BCUT2D eigenvalue weighted by molar-refractivity contribution is 6.10. The molecule has 0 saturated heterocycles. The van der Waals surface area contributed by atoms with Crippen molar-refractivity contribution in [1.29, 1.82) is 0 Å². The first-order valence-corrected chi connectivity index (χ1v) is 6.79. The SMILES string of the molecule is O=C(c1coc2ccccc12)C1CCc2cccnc21. The van der Waals surface area contributed by atoms with Crippen LogP contribution in [0.3, 0.4) is 0 Å². The van der Waals surface area contributed by atoms with E-state index in [0.29, 0.717) is 5.56 Å². The molecular weight excluding hydrogens is 250 g/mol. The van der Waals surface area contributed by atoms with Gasteiger partial charge in [0.05, 0.1) is 17.2 Å². The van der Waals surface area contributed by atoms with Crippen molar-refractivity contribution in [2.24, 2.45) is 0 Å². The molecule has 1 atom stereocenters. The highest BCUT2D eigenvalue weighted by atomic mass is 16.3. The van der Waals surface area contributed by atoms with Gasteiger partial charge in [0.15, 0.2) is 5.78 Å². The van der Waals surface area contributed by atoms with Gasteiger partial charge >= 0.3 is 0 Å². The highest BCUT2D eigenvalue weighted by Crippen LogP contribution is 2.35. The van der Waals surface area contributed by atoms with Crippen molar-refractivity contribution in [1.82, 2.24) is 4.98 Å². The van der Waals surface area contributed by atoms with Gasteiger partial charge in [-0.25, -0.2) is 0 Å². The predicted molar refractivity (Wildman–Crippen MR) is 75.8 cm³/mol. The second-order valence-corrected chi connectivity index (χ2v) is 5.15. The molecule has 1 unspecified atom stereocenters. The van der Waals surface area contributed by atoms with Crippen molar-refractivity contribution in [2.75, 3.05) is 0 Å². The van der Waals surface area contributed by atoms with Crippen molar-refractivity contribution in [2.45, 2.75) is 18.8 Å². The summed E-state index contributed by atoms with van der Waals surface area (Å²) in [4.78, 5) is 17.2. The largest absolute Gasteiger partial charge is 0.464 e. The number of aromatic nitrogens is 1. The van der Waals surface area contributed by atoms with E-state index in [1.807, 2.05) is 30.3 Å². The summed E-state index contributed by atoms with van der Waals surface area (Å²) < 4.78 is 5.48. The van der Waals surface area contributed by atoms with Gasteiger partial charge in [0.2, 0.25) is 0 Å². The van der Waals surface area contributed by atoms with Crippen molar-refractivity contribution < 1.29 is 9.21 Å². The van der Waals surface area contributed by atoms with Crippen LogP contribution >= 0.6 is 0 Å². The summed E-state index contributed by atoms with van der Waals surface area (Å²) in [6, 6.07) is 11.6. The molecule has 0 saturated carbocycles. The topological polar surface area (TPSA) is 43.1 Å². The van der Waals surface area contributed by atoms with Gasteiger partial charge < -0.3 is 4.42 Å². The molecule has 0 aliphatic heterocycles. The van der Waals surface area contributed by atoms with Gasteiger partial charge in [-0.15, -0.1) is 0 Å². The zero-order valence-electron chi connectivity index (χ0n) is 10.9. The van der Waals surface area contributed by atoms with Crippen molar-refractivity contribution >= 4 is 16.8 Å². The molecule has 0 N–H and O–H groups in total. The summed E-state index contributed by atoms with van der Waals surface area (Å²) in [6.45, 7) is 0. The van der Waals surface area contributed by atoms with Crippen LogP contribution in [0.2, 0.25) is 0 Å². The van der Waals surface area contributed by atoms with E-state index in [4.69, 9.17) is 4.42 Å². The van der Waals surface area contributed by atoms with Gasteiger partial charge in [-0.3, -0.25) is 9.78 Å². The Kier molecular flexibility index (Phi) is 2.46. The molecule has 1 aliphatic rings. The molecule has 1 aliphatic carbocycles. The lowest BCUT2D eigenvalue weighted by molar-refractivity contribution is 0.0959. The molecule has 0 radical (unpaired) electrons. The van der Waals surface area contributed by atoms with Crippen LogP contribution in [0.1, 0.15) is 34.0 Å². The van der Waals surface area contributed by atoms with Gasteiger partial charge in [0.25, 0.3) is 0 Å². The molecule has 4 rings (SSSR count). The van der Waals surface area contributed by atoms with E-state index in [1.54, 1.807) is 12.5 Å².